The molecule has 0 atom stereocenters. The number of benzene rings is 4. The molecule has 0 aliphatic carbocycles. The Balaban J connectivity index is 1.35. The Morgan fingerprint density at radius 3 is 0.941 bits per heavy atom. The topological polar surface area (TPSA) is 0 Å². The van der Waals surface area contributed by atoms with Crippen LogP contribution in [-0.4, -0.2) is 0 Å². The van der Waals surface area contributed by atoms with E-state index in [-0.39, 0.29) is 0 Å². The van der Waals surface area contributed by atoms with Crippen LogP contribution in [0.4, 0.5) is 0 Å². The predicted molar refractivity (Wildman–Crippen MR) is 148 cm³/mol. The van der Waals surface area contributed by atoms with Gasteiger partial charge >= 0.3 is 0 Å². The lowest BCUT2D eigenvalue weighted by Crippen LogP contribution is -1.80. The second-order valence-electron chi connectivity index (χ2n) is 8.35. The molecule has 4 rings (SSSR count). The summed E-state index contributed by atoms with van der Waals surface area (Å²) >= 11 is 0. The average molecular weight is 439 g/mol. The van der Waals surface area contributed by atoms with E-state index in [0.717, 1.165) is 24.0 Å². The third kappa shape index (κ3) is 6.71. The first-order valence-corrected chi connectivity index (χ1v) is 12.0. The summed E-state index contributed by atoms with van der Waals surface area (Å²) < 4.78 is 0. The number of rotatable bonds is 6. The van der Waals surface area contributed by atoms with Crippen molar-refractivity contribution in [2.24, 2.45) is 0 Å². The largest absolute Gasteiger partial charge is 0.0617 e. The number of hydrogen-bond acceptors (Lipinski definition) is 0. The molecule has 0 heteroatoms. The summed E-state index contributed by atoms with van der Waals surface area (Å²) in [5.41, 5.74) is 9.54. The molecule has 0 aromatic heterocycles. The average Bonchev–Trinajstić information content (AvgIpc) is 2.91. The first-order chi connectivity index (χ1) is 16.7. The Morgan fingerprint density at radius 1 is 0.412 bits per heavy atom. The summed E-state index contributed by atoms with van der Waals surface area (Å²) in [5.74, 6) is 6.54. The van der Waals surface area contributed by atoms with Crippen molar-refractivity contribution in [1.29, 1.82) is 0 Å². The highest BCUT2D eigenvalue weighted by Crippen LogP contribution is 2.13. The molecule has 34 heavy (non-hydrogen) atoms. The molecule has 0 radical (unpaired) electrons. The van der Waals surface area contributed by atoms with Gasteiger partial charge in [0.05, 0.1) is 0 Å². The van der Waals surface area contributed by atoms with Gasteiger partial charge in [-0.2, -0.15) is 0 Å². The summed E-state index contributed by atoms with van der Waals surface area (Å²) in [4.78, 5) is 0. The molecule has 0 bridgehead atoms. The van der Waals surface area contributed by atoms with E-state index in [1.165, 1.54) is 33.4 Å². The molecule has 0 amide bonds. The van der Waals surface area contributed by atoms with Crippen LogP contribution in [0.1, 0.15) is 58.4 Å². The Hall–Kier alpha value is -4.08. The van der Waals surface area contributed by atoms with Gasteiger partial charge in [-0.3, -0.25) is 0 Å². The second-order valence-corrected chi connectivity index (χ2v) is 8.35. The molecule has 0 fully saturated rings. The Morgan fingerprint density at radius 2 is 0.676 bits per heavy atom. The Bertz CT molecular complexity index is 1200. The van der Waals surface area contributed by atoms with Crippen LogP contribution in [0, 0.1) is 11.8 Å². The van der Waals surface area contributed by atoms with Crippen LogP contribution in [0.2, 0.25) is 0 Å². The third-order valence-corrected chi connectivity index (χ3v) is 5.88. The van der Waals surface area contributed by atoms with Crippen LogP contribution in [-0.2, 0) is 12.8 Å². The molecule has 4 aromatic carbocycles. The lowest BCUT2D eigenvalue weighted by Gasteiger charge is -1.98. The van der Waals surface area contributed by atoms with Gasteiger partial charge in [-0.05, 0) is 70.5 Å². The third-order valence-electron chi connectivity index (χ3n) is 5.88. The van der Waals surface area contributed by atoms with E-state index in [1.54, 1.807) is 0 Å². The molecule has 0 N–H and O–H groups in total. The van der Waals surface area contributed by atoms with Gasteiger partial charge in [-0.1, -0.05) is 123 Å². The van der Waals surface area contributed by atoms with Gasteiger partial charge in [0.15, 0.2) is 0 Å². The van der Waals surface area contributed by atoms with Crippen LogP contribution in [0.25, 0.3) is 24.3 Å². The fourth-order valence-corrected chi connectivity index (χ4v) is 3.61. The lowest BCUT2D eigenvalue weighted by molar-refractivity contribution is 1.14. The van der Waals surface area contributed by atoms with Gasteiger partial charge in [0, 0.05) is 11.1 Å². The van der Waals surface area contributed by atoms with E-state index in [1.807, 2.05) is 0 Å². The maximum absolute atomic E-state index is 3.27. The van der Waals surface area contributed by atoms with Crippen LogP contribution >= 0.6 is 0 Å². The monoisotopic (exact) mass is 438 g/mol. The molecule has 4 aromatic rings. The van der Waals surface area contributed by atoms with Gasteiger partial charge in [0.1, 0.15) is 0 Å². The normalized spacial score (nSPS) is 11.0. The zero-order chi connectivity index (χ0) is 23.6. The summed E-state index contributed by atoms with van der Waals surface area (Å²) in [6, 6.07) is 34.2. The van der Waals surface area contributed by atoms with Crippen molar-refractivity contribution in [3.63, 3.8) is 0 Å². The van der Waals surface area contributed by atoms with E-state index < -0.39 is 0 Å². The number of aryl methyl sites for hydroxylation is 2. The molecule has 0 spiro atoms. The second kappa shape index (κ2) is 11.7. The minimum Gasteiger partial charge on any atom is -0.0617 e. The number of hydrogen-bond donors (Lipinski definition) is 0. The smallest absolute Gasteiger partial charge is 0.0249 e. The van der Waals surface area contributed by atoms with Crippen molar-refractivity contribution in [3.8, 4) is 11.8 Å². The zero-order valence-corrected chi connectivity index (χ0v) is 20.0. The van der Waals surface area contributed by atoms with Crippen molar-refractivity contribution in [1.82, 2.24) is 0 Å². The van der Waals surface area contributed by atoms with Gasteiger partial charge in [0.2, 0.25) is 0 Å². The molecule has 0 aliphatic rings. The molecule has 0 saturated carbocycles. The first kappa shape index (κ1) is 23.1. The van der Waals surface area contributed by atoms with E-state index in [2.05, 4.69) is 147 Å². The molecule has 0 heterocycles. The predicted octanol–water partition coefficient (Wildman–Crippen LogP) is 8.55. The molecule has 0 nitrogen and oxygen atoms in total. The van der Waals surface area contributed by atoms with Gasteiger partial charge < -0.3 is 0 Å². The van der Waals surface area contributed by atoms with Crippen molar-refractivity contribution in [3.05, 3.63) is 142 Å². The van der Waals surface area contributed by atoms with Crippen LogP contribution in [0.5, 0.6) is 0 Å². The molecule has 166 valence electrons. The highest BCUT2D eigenvalue weighted by Gasteiger charge is 1.94. The fraction of sp³-hybridized carbons (Fsp3) is 0.118. The van der Waals surface area contributed by atoms with Crippen molar-refractivity contribution in [2.45, 2.75) is 26.7 Å². The van der Waals surface area contributed by atoms with Crippen LogP contribution in [0.15, 0.2) is 97.1 Å². The van der Waals surface area contributed by atoms with E-state index >= 15 is 0 Å². The Kier molecular flexibility index (Phi) is 7.94. The van der Waals surface area contributed by atoms with Gasteiger partial charge in [0.25, 0.3) is 0 Å². The summed E-state index contributed by atoms with van der Waals surface area (Å²) in [5, 5.41) is 0. The highest BCUT2D eigenvalue weighted by atomic mass is 14.0. The van der Waals surface area contributed by atoms with Crippen molar-refractivity contribution < 1.29 is 0 Å². The lowest BCUT2D eigenvalue weighted by atomic mass is 10.1. The molecular weight excluding hydrogens is 408 g/mol. The maximum Gasteiger partial charge on any atom is 0.0249 e. The van der Waals surface area contributed by atoms with Gasteiger partial charge in [-0.25, -0.2) is 0 Å². The van der Waals surface area contributed by atoms with Crippen LogP contribution in [0.3, 0.4) is 0 Å². The van der Waals surface area contributed by atoms with Crippen LogP contribution < -0.4 is 0 Å². The minimum absolute atomic E-state index is 1.02. The summed E-state index contributed by atoms with van der Waals surface area (Å²) in [6.45, 7) is 4.35. The van der Waals surface area contributed by atoms with Crippen molar-refractivity contribution >= 4 is 24.3 Å². The van der Waals surface area contributed by atoms with Crippen molar-refractivity contribution in [2.75, 3.05) is 0 Å². The van der Waals surface area contributed by atoms with E-state index in [0.29, 0.717) is 0 Å². The quantitative estimate of drug-likeness (QED) is 0.209. The van der Waals surface area contributed by atoms with E-state index in [4.69, 9.17) is 0 Å². The molecule has 0 unspecified atom stereocenters. The fourth-order valence-electron chi connectivity index (χ4n) is 3.61. The molecular formula is C34H30. The Labute approximate surface area is 204 Å². The minimum atomic E-state index is 1.02. The van der Waals surface area contributed by atoms with E-state index in [9.17, 15) is 0 Å². The first-order valence-electron chi connectivity index (χ1n) is 12.0. The summed E-state index contributed by atoms with van der Waals surface area (Å²) in [7, 11) is 0. The standard InChI is InChI=1S/C34H30/c1-3-27-5-9-29(10-6-27)13-15-31-17-21-33(22-18-31)25-26-34-23-19-32(20-24-34)16-14-30-11-7-28(4-2)8-12-30/h5-24H,3-4H2,1-2H3/b15-13+,16-14+. The maximum atomic E-state index is 3.27. The highest BCUT2D eigenvalue weighted by molar-refractivity contribution is 5.71. The zero-order valence-electron chi connectivity index (χ0n) is 20.0. The van der Waals surface area contributed by atoms with Gasteiger partial charge in [-0.15, -0.1) is 0 Å². The SMILES string of the molecule is CCc1ccc(/C=C/c2ccc(C#Cc3ccc(/C=C/c4ccc(CC)cc4)cc3)cc2)cc1. The molecule has 0 saturated heterocycles. The summed E-state index contributed by atoms with van der Waals surface area (Å²) in [6.07, 6.45) is 10.7. The molecule has 0 aliphatic heterocycles.